The van der Waals surface area contributed by atoms with Crippen LogP contribution in [0.1, 0.15) is 10.4 Å². The molecule has 10 nitrogen and oxygen atoms in total. The lowest BCUT2D eigenvalue weighted by Gasteiger charge is -2.27. The molecule has 0 atom stereocenters. The number of para-hydroxylation sites is 1. The number of ether oxygens (including phenoxy) is 3. The van der Waals surface area contributed by atoms with Crippen LogP contribution >= 0.6 is 11.8 Å². The summed E-state index contributed by atoms with van der Waals surface area (Å²) in [6.07, 6.45) is 0. The molecule has 2 N–H and O–H groups in total. The van der Waals surface area contributed by atoms with Crippen LogP contribution in [0.2, 0.25) is 0 Å². The molecule has 0 aliphatic carbocycles. The molecule has 0 fully saturated rings. The van der Waals surface area contributed by atoms with E-state index in [1.165, 1.54) is 43.0 Å². The third-order valence-corrected chi connectivity index (χ3v) is 5.47. The first kappa shape index (κ1) is 22.9. The van der Waals surface area contributed by atoms with E-state index in [2.05, 4.69) is 10.9 Å². The predicted octanol–water partition coefficient (Wildman–Crippen LogP) is 1.15. The number of thioether (sulfide) groups is 1. The van der Waals surface area contributed by atoms with Crippen molar-refractivity contribution in [1.29, 1.82) is 0 Å². The largest absolute Gasteiger partial charge is 0.493 e. The number of amides is 3. The average molecular weight is 459 g/mol. The fourth-order valence-electron chi connectivity index (χ4n) is 2.86. The Morgan fingerprint density at radius 1 is 1.03 bits per heavy atom. The summed E-state index contributed by atoms with van der Waals surface area (Å²) in [5.74, 6) is -1.29. The van der Waals surface area contributed by atoms with Gasteiger partial charge in [-0.2, -0.15) is 0 Å². The topological polar surface area (TPSA) is 123 Å². The molecule has 0 saturated heterocycles. The van der Waals surface area contributed by atoms with Gasteiger partial charge >= 0.3 is 5.97 Å². The van der Waals surface area contributed by atoms with Gasteiger partial charge in [-0.25, -0.2) is 0 Å². The summed E-state index contributed by atoms with van der Waals surface area (Å²) in [4.78, 5) is 50.7. The first-order chi connectivity index (χ1) is 15.4. The number of fused-ring (bicyclic) bond motifs is 1. The first-order valence-electron chi connectivity index (χ1n) is 9.42. The highest BCUT2D eigenvalue weighted by Crippen LogP contribution is 2.34. The SMILES string of the molecule is COc1ccc(C(=O)NNC(=O)COC(=O)CN2C(=O)CSc3ccccc32)cc1OC. The summed E-state index contributed by atoms with van der Waals surface area (Å²) in [5, 5.41) is 0. The van der Waals surface area contributed by atoms with Gasteiger partial charge < -0.3 is 14.2 Å². The lowest BCUT2D eigenvalue weighted by atomic mass is 10.2. The van der Waals surface area contributed by atoms with Crippen LogP contribution in [0, 0.1) is 0 Å². The average Bonchev–Trinajstić information content (AvgIpc) is 2.82. The van der Waals surface area contributed by atoms with Crippen molar-refractivity contribution in [3.05, 3.63) is 48.0 Å². The monoisotopic (exact) mass is 459 g/mol. The molecule has 168 valence electrons. The number of carbonyl (C=O) groups excluding carboxylic acids is 4. The van der Waals surface area contributed by atoms with Crippen LogP contribution in [0.25, 0.3) is 0 Å². The second-order valence-electron chi connectivity index (χ2n) is 6.47. The molecule has 0 radical (unpaired) electrons. The summed E-state index contributed by atoms with van der Waals surface area (Å²) in [7, 11) is 2.91. The maximum absolute atomic E-state index is 12.2. The summed E-state index contributed by atoms with van der Waals surface area (Å²) in [5.41, 5.74) is 5.22. The minimum Gasteiger partial charge on any atom is -0.493 e. The first-order valence-corrected chi connectivity index (χ1v) is 10.4. The van der Waals surface area contributed by atoms with Crippen LogP contribution in [0.15, 0.2) is 47.4 Å². The van der Waals surface area contributed by atoms with Gasteiger partial charge in [-0.15, -0.1) is 11.8 Å². The molecule has 3 rings (SSSR count). The highest BCUT2D eigenvalue weighted by atomic mass is 32.2. The van der Waals surface area contributed by atoms with Crippen molar-refractivity contribution in [2.45, 2.75) is 4.90 Å². The van der Waals surface area contributed by atoms with Gasteiger partial charge in [0.05, 0.1) is 25.7 Å². The Bertz CT molecular complexity index is 1040. The van der Waals surface area contributed by atoms with E-state index in [1.54, 1.807) is 18.2 Å². The van der Waals surface area contributed by atoms with Gasteiger partial charge in [-0.3, -0.25) is 34.9 Å². The normalized spacial score (nSPS) is 12.4. The minimum atomic E-state index is -0.749. The summed E-state index contributed by atoms with van der Waals surface area (Å²) in [6.45, 7) is -0.939. The molecule has 0 saturated carbocycles. The van der Waals surface area contributed by atoms with Crippen LogP contribution in [-0.2, 0) is 19.1 Å². The Balaban J connectivity index is 1.47. The highest BCUT2D eigenvalue weighted by molar-refractivity contribution is 8.00. The zero-order valence-electron chi connectivity index (χ0n) is 17.4. The maximum atomic E-state index is 12.2. The fourth-order valence-corrected chi connectivity index (χ4v) is 3.80. The Morgan fingerprint density at radius 2 is 1.78 bits per heavy atom. The summed E-state index contributed by atoms with van der Waals surface area (Å²) < 4.78 is 15.2. The third kappa shape index (κ3) is 5.49. The highest BCUT2D eigenvalue weighted by Gasteiger charge is 2.27. The van der Waals surface area contributed by atoms with E-state index in [9.17, 15) is 19.2 Å². The number of nitrogens with zero attached hydrogens (tertiary/aromatic N) is 1. The van der Waals surface area contributed by atoms with Gasteiger partial charge in [0, 0.05) is 10.5 Å². The number of rotatable bonds is 7. The zero-order valence-corrected chi connectivity index (χ0v) is 18.2. The summed E-state index contributed by atoms with van der Waals surface area (Å²) >= 11 is 1.40. The van der Waals surface area contributed by atoms with E-state index in [4.69, 9.17) is 14.2 Å². The molecule has 0 aromatic heterocycles. The molecule has 1 aliphatic rings. The predicted molar refractivity (Wildman–Crippen MR) is 116 cm³/mol. The van der Waals surface area contributed by atoms with E-state index in [0.717, 1.165) is 4.90 Å². The van der Waals surface area contributed by atoms with Crippen molar-refractivity contribution in [3.8, 4) is 11.5 Å². The molecule has 1 aliphatic heterocycles. The van der Waals surface area contributed by atoms with Crippen molar-refractivity contribution >= 4 is 41.1 Å². The Hall–Kier alpha value is -3.73. The van der Waals surface area contributed by atoms with E-state index in [1.807, 2.05) is 12.1 Å². The number of esters is 1. The second kappa shape index (κ2) is 10.5. The van der Waals surface area contributed by atoms with Crippen molar-refractivity contribution in [1.82, 2.24) is 10.9 Å². The van der Waals surface area contributed by atoms with Crippen LogP contribution in [0.4, 0.5) is 5.69 Å². The number of hydrazine groups is 1. The molecule has 2 aromatic rings. The Morgan fingerprint density at radius 3 is 2.53 bits per heavy atom. The van der Waals surface area contributed by atoms with Crippen molar-refractivity contribution in [2.24, 2.45) is 0 Å². The lowest BCUT2D eigenvalue weighted by molar-refractivity contribution is -0.147. The van der Waals surface area contributed by atoms with E-state index < -0.39 is 24.4 Å². The number of hydrogen-bond acceptors (Lipinski definition) is 8. The number of nitrogens with one attached hydrogen (secondary N) is 2. The van der Waals surface area contributed by atoms with E-state index in [0.29, 0.717) is 17.2 Å². The Labute approximate surface area is 188 Å². The standard InChI is InChI=1S/C21H21N3O7S/c1-29-15-8-7-13(9-16(15)30-2)21(28)23-22-18(25)11-31-20(27)10-24-14-5-3-4-6-17(14)32-12-19(24)26/h3-9H,10-12H2,1-2H3,(H,22,25)(H,23,28). The van der Waals surface area contributed by atoms with Crippen LogP contribution in [0.3, 0.4) is 0 Å². The molecule has 1 heterocycles. The molecule has 32 heavy (non-hydrogen) atoms. The lowest BCUT2D eigenvalue weighted by Crippen LogP contribution is -2.44. The fraction of sp³-hybridized carbons (Fsp3) is 0.238. The molecular formula is C21H21N3O7S. The number of methoxy groups -OCH3 is 2. The smallest absolute Gasteiger partial charge is 0.326 e. The van der Waals surface area contributed by atoms with Crippen LogP contribution < -0.4 is 25.2 Å². The minimum absolute atomic E-state index is 0.215. The van der Waals surface area contributed by atoms with Crippen molar-refractivity contribution in [2.75, 3.05) is 38.0 Å². The molecule has 2 aromatic carbocycles. The molecule has 0 bridgehead atoms. The number of carbonyl (C=O) groups is 4. The van der Waals surface area contributed by atoms with Gasteiger partial charge in [0.1, 0.15) is 6.54 Å². The van der Waals surface area contributed by atoms with Crippen LogP contribution in [0.5, 0.6) is 11.5 Å². The van der Waals surface area contributed by atoms with Gasteiger partial charge in [0.15, 0.2) is 18.1 Å². The molecule has 0 unspecified atom stereocenters. The van der Waals surface area contributed by atoms with Gasteiger partial charge in [0.25, 0.3) is 11.8 Å². The van der Waals surface area contributed by atoms with Gasteiger partial charge in [-0.1, -0.05) is 12.1 Å². The van der Waals surface area contributed by atoms with E-state index in [-0.39, 0.29) is 23.8 Å². The number of benzene rings is 2. The second-order valence-corrected chi connectivity index (χ2v) is 7.49. The molecule has 3 amide bonds. The molecule has 11 heteroatoms. The zero-order chi connectivity index (χ0) is 23.1. The van der Waals surface area contributed by atoms with E-state index >= 15 is 0 Å². The quantitative estimate of drug-likeness (QED) is 0.467. The maximum Gasteiger partial charge on any atom is 0.326 e. The van der Waals surface area contributed by atoms with Crippen molar-refractivity contribution < 1.29 is 33.4 Å². The molecular weight excluding hydrogens is 438 g/mol. The third-order valence-electron chi connectivity index (χ3n) is 4.42. The number of hydrogen-bond donors (Lipinski definition) is 2. The Kier molecular flexibility index (Phi) is 7.55. The molecule has 0 spiro atoms. The summed E-state index contributed by atoms with van der Waals surface area (Å²) in [6, 6.07) is 11.7. The van der Waals surface area contributed by atoms with Crippen LogP contribution in [-0.4, -0.2) is 56.8 Å². The van der Waals surface area contributed by atoms with Gasteiger partial charge in [0.2, 0.25) is 5.91 Å². The number of anilines is 1. The van der Waals surface area contributed by atoms with Crippen molar-refractivity contribution in [3.63, 3.8) is 0 Å². The van der Waals surface area contributed by atoms with Gasteiger partial charge in [-0.05, 0) is 30.3 Å².